The molecule has 1 aromatic heterocycles. The fourth-order valence-electron chi connectivity index (χ4n) is 2.08. The quantitative estimate of drug-likeness (QED) is 0.887. The molecule has 0 aliphatic rings. The van der Waals surface area contributed by atoms with E-state index in [0.717, 1.165) is 11.3 Å². The van der Waals surface area contributed by atoms with Gasteiger partial charge in [0.05, 0.1) is 19.9 Å². The first-order chi connectivity index (χ1) is 10.2. The van der Waals surface area contributed by atoms with Crippen LogP contribution in [0, 0.1) is 0 Å². The molecule has 5 nitrogen and oxygen atoms in total. The van der Waals surface area contributed by atoms with Crippen LogP contribution in [0.4, 0.5) is 5.69 Å². The van der Waals surface area contributed by atoms with Gasteiger partial charge in [0.15, 0.2) is 11.5 Å². The zero-order valence-corrected chi connectivity index (χ0v) is 12.6. The summed E-state index contributed by atoms with van der Waals surface area (Å²) in [5.41, 5.74) is 1.99. The van der Waals surface area contributed by atoms with Crippen LogP contribution in [0.15, 0.2) is 41.3 Å². The van der Waals surface area contributed by atoms with Gasteiger partial charge in [0.1, 0.15) is 0 Å². The van der Waals surface area contributed by atoms with Crippen molar-refractivity contribution >= 4 is 5.69 Å². The first-order valence-electron chi connectivity index (χ1n) is 6.83. The molecule has 0 aliphatic carbocycles. The highest BCUT2D eigenvalue weighted by Crippen LogP contribution is 2.27. The second-order valence-corrected chi connectivity index (χ2v) is 4.58. The molecule has 0 radical (unpaired) electrons. The third kappa shape index (κ3) is 3.56. The molecule has 2 rings (SSSR count). The zero-order chi connectivity index (χ0) is 15.2. The first kappa shape index (κ1) is 15.0. The van der Waals surface area contributed by atoms with Crippen molar-refractivity contribution in [3.8, 4) is 11.5 Å². The Bertz CT molecular complexity index is 665. The van der Waals surface area contributed by atoms with Gasteiger partial charge in [-0.3, -0.25) is 4.79 Å². The predicted octanol–water partition coefficient (Wildman–Crippen LogP) is 2.50. The number of aromatic nitrogens is 1. The van der Waals surface area contributed by atoms with Crippen molar-refractivity contribution in [3.05, 3.63) is 52.4 Å². The number of nitrogens with one attached hydrogen (secondary N) is 1. The molecule has 1 heterocycles. The van der Waals surface area contributed by atoms with E-state index in [2.05, 4.69) is 5.32 Å². The number of nitrogens with zero attached hydrogens (tertiary/aromatic N) is 1. The standard InChI is InChI=1S/C16H20N2O3/c1-4-18-11-13(6-8-16(18)19)17-10-12-5-7-14(20-2)15(9-12)21-3/h5-9,11,17H,4,10H2,1-3H3. The zero-order valence-electron chi connectivity index (χ0n) is 12.6. The van der Waals surface area contributed by atoms with E-state index < -0.39 is 0 Å². The molecule has 112 valence electrons. The van der Waals surface area contributed by atoms with Crippen molar-refractivity contribution in [2.24, 2.45) is 0 Å². The Labute approximate surface area is 124 Å². The Morgan fingerprint density at radius 1 is 1.10 bits per heavy atom. The lowest BCUT2D eigenvalue weighted by Gasteiger charge is -2.11. The normalized spacial score (nSPS) is 10.2. The summed E-state index contributed by atoms with van der Waals surface area (Å²) in [5, 5.41) is 3.30. The van der Waals surface area contributed by atoms with Crippen molar-refractivity contribution in [2.45, 2.75) is 20.0 Å². The molecule has 5 heteroatoms. The summed E-state index contributed by atoms with van der Waals surface area (Å²) in [4.78, 5) is 11.5. The van der Waals surface area contributed by atoms with E-state index in [0.29, 0.717) is 24.6 Å². The maximum atomic E-state index is 11.5. The molecule has 21 heavy (non-hydrogen) atoms. The summed E-state index contributed by atoms with van der Waals surface area (Å²) in [5.74, 6) is 1.41. The second kappa shape index (κ2) is 6.83. The maximum absolute atomic E-state index is 11.5. The molecule has 0 unspecified atom stereocenters. The first-order valence-corrected chi connectivity index (χ1v) is 6.83. The van der Waals surface area contributed by atoms with Gasteiger partial charge in [0.2, 0.25) is 0 Å². The molecule has 0 saturated heterocycles. The lowest BCUT2D eigenvalue weighted by atomic mass is 10.2. The largest absolute Gasteiger partial charge is 0.493 e. The van der Waals surface area contributed by atoms with E-state index in [1.165, 1.54) is 0 Å². The molecule has 0 amide bonds. The van der Waals surface area contributed by atoms with Gasteiger partial charge in [-0.25, -0.2) is 0 Å². The van der Waals surface area contributed by atoms with Crippen LogP contribution < -0.4 is 20.3 Å². The summed E-state index contributed by atoms with van der Waals surface area (Å²) in [6, 6.07) is 9.14. The van der Waals surface area contributed by atoms with E-state index in [4.69, 9.17) is 9.47 Å². The van der Waals surface area contributed by atoms with Gasteiger partial charge >= 0.3 is 0 Å². The van der Waals surface area contributed by atoms with Crippen LogP contribution in [-0.2, 0) is 13.1 Å². The van der Waals surface area contributed by atoms with Crippen LogP contribution in [0.3, 0.4) is 0 Å². The Morgan fingerprint density at radius 2 is 1.86 bits per heavy atom. The van der Waals surface area contributed by atoms with E-state index in [1.807, 2.05) is 31.3 Å². The van der Waals surface area contributed by atoms with E-state index in [-0.39, 0.29) is 5.56 Å². The summed E-state index contributed by atoms with van der Waals surface area (Å²) in [6.45, 7) is 3.24. The average Bonchev–Trinajstić information content (AvgIpc) is 2.53. The minimum absolute atomic E-state index is 0.00849. The van der Waals surface area contributed by atoms with Crippen LogP contribution in [0.2, 0.25) is 0 Å². The summed E-state index contributed by atoms with van der Waals surface area (Å²) in [7, 11) is 3.23. The number of rotatable bonds is 6. The number of aryl methyl sites for hydroxylation is 1. The van der Waals surface area contributed by atoms with Gasteiger partial charge in [-0.15, -0.1) is 0 Å². The van der Waals surface area contributed by atoms with Gasteiger partial charge in [0.25, 0.3) is 5.56 Å². The second-order valence-electron chi connectivity index (χ2n) is 4.58. The summed E-state index contributed by atoms with van der Waals surface area (Å²) >= 11 is 0. The lowest BCUT2D eigenvalue weighted by molar-refractivity contribution is 0.354. The van der Waals surface area contributed by atoms with Crippen LogP contribution in [-0.4, -0.2) is 18.8 Å². The number of methoxy groups -OCH3 is 2. The SMILES string of the molecule is CCn1cc(NCc2ccc(OC)c(OC)c2)ccc1=O. The smallest absolute Gasteiger partial charge is 0.250 e. The Morgan fingerprint density at radius 3 is 2.52 bits per heavy atom. The van der Waals surface area contributed by atoms with E-state index in [9.17, 15) is 4.79 Å². The van der Waals surface area contributed by atoms with E-state index >= 15 is 0 Å². The Balaban J connectivity index is 2.11. The number of hydrogen-bond donors (Lipinski definition) is 1. The molecule has 0 spiro atoms. The molecule has 0 fully saturated rings. The number of benzene rings is 1. The Hall–Kier alpha value is -2.43. The highest BCUT2D eigenvalue weighted by molar-refractivity contribution is 5.45. The molecule has 0 atom stereocenters. The van der Waals surface area contributed by atoms with Gasteiger partial charge in [-0.05, 0) is 30.7 Å². The third-order valence-electron chi connectivity index (χ3n) is 3.27. The van der Waals surface area contributed by atoms with Gasteiger partial charge in [-0.2, -0.15) is 0 Å². The summed E-state index contributed by atoms with van der Waals surface area (Å²) < 4.78 is 12.2. The van der Waals surface area contributed by atoms with Gasteiger partial charge < -0.3 is 19.4 Å². The summed E-state index contributed by atoms with van der Waals surface area (Å²) in [6.07, 6.45) is 1.82. The highest BCUT2D eigenvalue weighted by Gasteiger charge is 2.04. The minimum atomic E-state index is 0.00849. The van der Waals surface area contributed by atoms with Crippen molar-refractivity contribution < 1.29 is 9.47 Å². The number of ether oxygens (including phenoxy) is 2. The van der Waals surface area contributed by atoms with Gasteiger partial charge in [-0.1, -0.05) is 6.07 Å². The molecule has 1 aromatic carbocycles. The van der Waals surface area contributed by atoms with Crippen molar-refractivity contribution in [3.63, 3.8) is 0 Å². The predicted molar refractivity (Wildman–Crippen MR) is 83.2 cm³/mol. The number of pyridine rings is 1. The number of hydrogen-bond acceptors (Lipinski definition) is 4. The highest BCUT2D eigenvalue weighted by atomic mass is 16.5. The van der Waals surface area contributed by atoms with Crippen LogP contribution in [0.25, 0.3) is 0 Å². The van der Waals surface area contributed by atoms with Crippen LogP contribution >= 0.6 is 0 Å². The van der Waals surface area contributed by atoms with Gasteiger partial charge in [0, 0.05) is 25.4 Å². The van der Waals surface area contributed by atoms with E-state index in [1.54, 1.807) is 30.9 Å². The molecular formula is C16H20N2O3. The van der Waals surface area contributed by atoms with Crippen molar-refractivity contribution in [1.82, 2.24) is 4.57 Å². The number of anilines is 1. The minimum Gasteiger partial charge on any atom is -0.493 e. The maximum Gasteiger partial charge on any atom is 0.250 e. The molecule has 2 aromatic rings. The van der Waals surface area contributed by atoms with Crippen molar-refractivity contribution in [2.75, 3.05) is 19.5 Å². The third-order valence-corrected chi connectivity index (χ3v) is 3.27. The monoisotopic (exact) mass is 288 g/mol. The molecule has 0 aliphatic heterocycles. The van der Waals surface area contributed by atoms with Crippen LogP contribution in [0.5, 0.6) is 11.5 Å². The topological polar surface area (TPSA) is 52.5 Å². The van der Waals surface area contributed by atoms with Crippen molar-refractivity contribution in [1.29, 1.82) is 0 Å². The fourth-order valence-corrected chi connectivity index (χ4v) is 2.08. The average molecular weight is 288 g/mol. The van der Waals surface area contributed by atoms with Crippen LogP contribution in [0.1, 0.15) is 12.5 Å². The fraction of sp³-hybridized carbons (Fsp3) is 0.312. The Kier molecular flexibility index (Phi) is 4.87. The molecule has 1 N–H and O–H groups in total. The molecule has 0 saturated carbocycles. The lowest BCUT2D eigenvalue weighted by Crippen LogP contribution is -2.17. The molecular weight excluding hydrogens is 268 g/mol. The molecule has 0 bridgehead atoms.